The van der Waals surface area contributed by atoms with Crippen LogP contribution in [-0.2, 0) is 6.42 Å². The Labute approximate surface area is 124 Å². The van der Waals surface area contributed by atoms with Crippen molar-refractivity contribution in [3.8, 4) is 34.5 Å². The molecule has 0 fully saturated rings. The molecule has 7 heteroatoms. The van der Waals surface area contributed by atoms with Crippen molar-refractivity contribution in [2.24, 2.45) is 0 Å². The second-order valence-electron chi connectivity index (χ2n) is 5.17. The molecule has 0 saturated heterocycles. The Bertz CT molecular complexity index is 718. The summed E-state index contributed by atoms with van der Waals surface area (Å²) in [5, 5.41) is 57.9. The first kappa shape index (κ1) is 14.2. The molecule has 1 heterocycles. The van der Waals surface area contributed by atoms with Gasteiger partial charge in [-0.1, -0.05) is 0 Å². The molecule has 0 unspecified atom stereocenters. The van der Waals surface area contributed by atoms with Gasteiger partial charge in [-0.3, -0.25) is 0 Å². The van der Waals surface area contributed by atoms with E-state index in [9.17, 15) is 30.6 Å². The van der Waals surface area contributed by atoms with Crippen LogP contribution in [0.5, 0.6) is 34.5 Å². The van der Waals surface area contributed by atoms with Gasteiger partial charge < -0.3 is 35.4 Å². The second-order valence-corrected chi connectivity index (χ2v) is 5.17. The fraction of sp³-hybridized carbons (Fsp3) is 0.200. The van der Waals surface area contributed by atoms with E-state index in [4.69, 9.17) is 4.74 Å². The van der Waals surface area contributed by atoms with Crippen LogP contribution in [0.4, 0.5) is 0 Å². The van der Waals surface area contributed by atoms with Crippen molar-refractivity contribution >= 4 is 0 Å². The Balaban J connectivity index is 2.03. The maximum atomic E-state index is 10.2. The number of aliphatic hydroxyl groups is 1. The molecule has 1 aliphatic heterocycles. The number of benzene rings is 2. The van der Waals surface area contributed by atoms with E-state index >= 15 is 0 Å². The van der Waals surface area contributed by atoms with Crippen LogP contribution in [0.3, 0.4) is 0 Å². The van der Waals surface area contributed by atoms with Gasteiger partial charge in [-0.05, 0) is 18.2 Å². The minimum Gasteiger partial charge on any atom is -0.508 e. The summed E-state index contributed by atoms with van der Waals surface area (Å²) in [6.45, 7) is 0. The van der Waals surface area contributed by atoms with Gasteiger partial charge in [0.1, 0.15) is 5.75 Å². The Morgan fingerprint density at radius 2 is 1.50 bits per heavy atom. The number of rotatable bonds is 1. The molecule has 2 atom stereocenters. The van der Waals surface area contributed by atoms with Crippen molar-refractivity contribution in [2.45, 2.75) is 18.6 Å². The number of phenols is 5. The van der Waals surface area contributed by atoms with Crippen LogP contribution >= 0.6 is 0 Å². The molecule has 0 aliphatic carbocycles. The monoisotopic (exact) mass is 306 g/mol. The quantitative estimate of drug-likeness (QED) is 0.437. The van der Waals surface area contributed by atoms with Gasteiger partial charge in [-0.2, -0.15) is 0 Å². The zero-order chi connectivity index (χ0) is 16.0. The summed E-state index contributed by atoms with van der Waals surface area (Å²) in [5.74, 6) is -2.08. The van der Waals surface area contributed by atoms with Gasteiger partial charge >= 0.3 is 0 Å². The molecule has 0 spiro atoms. The van der Waals surface area contributed by atoms with Crippen LogP contribution in [0.15, 0.2) is 24.3 Å². The summed E-state index contributed by atoms with van der Waals surface area (Å²) < 4.78 is 5.55. The molecule has 6 N–H and O–H groups in total. The highest BCUT2D eigenvalue weighted by Gasteiger charge is 2.33. The van der Waals surface area contributed by atoms with Crippen molar-refractivity contribution in [3.05, 3.63) is 35.4 Å². The predicted molar refractivity (Wildman–Crippen MR) is 74.3 cm³/mol. The zero-order valence-corrected chi connectivity index (χ0v) is 11.3. The molecule has 116 valence electrons. The third-order valence-corrected chi connectivity index (χ3v) is 3.57. The lowest BCUT2D eigenvalue weighted by atomic mass is 9.94. The van der Waals surface area contributed by atoms with Crippen molar-refractivity contribution in [1.29, 1.82) is 0 Å². The molecule has 0 radical (unpaired) electrons. The summed E-state index contributed by atoms with van der Waals surface area (Å²) in [4.78, 5) is 0. The van der Waals surface area contributed by atoms with Crippen LogP contribution in [0.25, 0.3) is 0 Å². The first-order valence-corrected chi connectivity index (χ1v) is 6.51. The number of aliphatic hydroxyl groups excluding tert-OH is 1. The topological polar surface area (TPSA) is 131 Å². The molecule has 0 saturated carbocycles. The highest BCUT2D eigenvalue weighted by atomic mass is 16.5. The van der Waals surface area contributed by atoms with E-state index in [0.717, 1.165) is 18.2 Å². The van der Waals surface area contributed by atoms with E-state index in [1.165, 1.54) is 6.07 Å². The second kappa shape index (κ2) is 4.88. The summed E-state index contributed by atoms with van der Waals surface area (Å²) in [6, 6.07) is 4.80. The molecular weight excluding hydrogens is 292 g/mol. The van der Waals surface area contributed by atoms with E-state index in [2.05, 4.69) is 0 Å². The Morgan fingerprint density at radius 3 is 2.14 bits per heavy atom. The summed E-state index contributed by atoms with van der Waals surface area (Å²) >= 11 is 0. The van der Waals surface area contributed by atoms with Crippen LogP contribution < -0.4 is 4.74 Å². The highest BCUT2D eigenvalue weighted by Crippen LogP contribution is 2.45. The Hall–Kier alpha value is -2.80. The molecule has 7 nitrogen and oxygen atoms in total. The molecule has 2 aromatic rings. The van der Waals surface area contributed by atoms with Gasteiger partial charge in [-0.15, -0.1) is 0 Å². The normalized spacial score (nSPS) is 20.2. The number of fused-ring (bicyclic) bond motifs is 1. The average Bonchev–Trinajstić information content (AvgIpc) is 2.43. The molecule has 0 bridgehead atoms. The van der Waals surface area contributed by atoms with E-state index < -0.39 is 29.5 Å². The molecule has 2 aromatic carbocycles. The third-order valence-electron chi connectivity index (χ3n) is 3.57. The maximum absolute atomic E-state index is 10.2. The van der Waals surface area contributed by atoms with Gasteiger partial charge in [0.25, 0.3) is 0 Å². The standard InChI is InChI=1S/C15H14O7/c16-8-1-6-4-11(19)15(22-14(6)12(20)5-8)7-2-9(17)13(21)10(18)3-7/h1-3,5,11,15-21H,4H2/t11-,15+/m0/s1. The molecule has 0 aromatic heterocycles. The third kappa shape index (κ3) is 2.21. The first-order chi connectivity index (χ1) is 10.4. The van der Waals surface area contributed by atoms with Crippen molar-refractivity contribution in [2.75, 3.05) is 0 Å². The highest BCUT2D eigenvalue weighted by molar-refractivity contribution is 5.55. The summed E-state index contributed by atoms with van der Waals surface area (Å²) in [5.41, 5.74) is 0.673. The predicted octanol–water partition coefficient (Wildman–Crippen LogP) is 1.25. The molecule has 3 rings (SSSR count). The largest absolute Gasteiger partial charge is 0.508 e. The van der Waals surface area contributed by atoms with E-state index in [-0.39, 0.29) is 29.2 Å². The Kier molecular flexibility index (Phi) is 3.14. The number of aromatic hydroxyl groups is 5. The van der Waals surface area contributed by atoms with Crippen LogP contribution in [-0.4, -0.2) is 36.7 Å². The lowest BCUT2D eigenvalue weighted by molar-refractivity contribution is 0.0187. The lowest BCUT2D eigenvalue weighted by Gasteiger charge is -2.31. The fourth-order valence-electron chi connectivity index (χ4n) is 2.56. The van der Waals surface area contributed by atoms with Gasteiger partial charge in [0.05, 0.1) is 6.10 Å². The number of hydrogen-bond acceptors (Lipinski definition) is 7. The van der Waals surface area contributed by atoms with Crippen molar-refractivity contribution in [1.82, 2.24) is 0 Å². The van der Waals surface area contributed by atoms with Crippen molar-refractivity contribution < 1.29 is 35.4 Å². The van der Waals surface area contributed by atoms with Gasteiger partial charge in [-0.25, -0.2) is 0 Å². The molecule has 0 amide bonds. The lowest BCUT2D eigenvalue weighted by Crippen LogP contribution is -2.30. The van der Waals surface area contributed by atoms with Crippen LogP contribution in [0.2, 0.25) is 0 Å². The number of ether oxygens (including phenoxy) is 1. The van der Waals surface area contributed by atoms with E-state index in [1.807, 2.05) is 0 Å². The van der Waals surface area contributed by atoms with Gasteiger partial charge in [0, 0.05) is 23.6 Å². The number of phenolic OH excluding ortho intramolecular Hbond substituents is 5. The summed E-state index contributed by atoms with van der Waals surface area (Å²) in [6.07, 6.45) is -1.89. The van der Waals surface area contributed by atoms with E-state index in [0.29, 0.717) is 5.56 Å². The fourth-order valence-corrected chi connectivity index (χ4v) is 2.56. The average molecular weight is 306 g/mol. The van der Waals surface area contributed by atoms with E-state index in [1.54, 1.807) is 0 Å². The molecule has 22 heavy (non-hydrogen) atoms. The van der Waals surface area contributed by atoms with Gasteiger partial charge in [0.2, 0.25) is 0 Å². The van der Waals surface area contributed by atoms with Crippen LogP contribution in [0, 0.1) is 0 Å². The summed E-state index contributed by atoms with van der Waals surface area (Å²) in [7, 11) is 0. The first-order valence-electron chi connectivity index (χ1n) is 6.51. The Morgan fingerprint density at radius 1 is 0.864 bits per heavy atom. The minimum absolute atomic E-state index is 0.102. The van der Waals surface area contributed by atoms with Crippen molar-refractivity contribution in [3.63, 3.8) is 0 Å². The minimum atomic E-state index is -1.03. The van der Waals surface area contributed by atoms with Gasteiger partial charge in [0.15, 0.2) is 34.9 Å². The maximum Gasteiger partial charge on any atom is 0.200 e. The zero-order valence-electron chi connectivity index (χ0n) is 11.3. The van der Waals surface area contributed by atoms with Crippen LogP contribution in [0.1, 0.15) is 17.2 Å². The molecule has 1 aliphatic rings. The SMILES string of the molecule is Oc1cc(O)c2c(c1)C[C@H](O)[C@@H](c1cc(O)c(O)c(O)c1)O2. The smallest absolute Gasteiger partial charge is 0.200 e. The molecular formula is C15H14O7. The number of hydrogen-bond donors (Lipinski definition) is 6.